The van der Waals surface area contributed by atoms with E-state index in [0.29, 0.717) is 17.5 Å². The fourth-order valence-electron chi connectivity index (χ4n) is 2.42. The number of pyridine rings is 1. The van der Waals surface area contributed by atoms with Gasteiger partial charge in [0, 0.05) is 25.4 Å². The quantitative estimate of drug-likeness (QED) is 0.482. The summed E-state index contributed by atoms with van der Waals surface area (Å²) in [5.41, 5.74) is -0.210. The lowest BCUT2D eigenvalue weighted by Crippen LogP contribution is -2.30. The predicted molar refractivity (Wildman–Crippen MR) is 103 cm³/mol. The van der Waals surface area contributed by atoms with Gasteiger partial charge < -0.3 is 20.7 Å². The molecule has 1 amide bonds. The van der Waals surface area contributed by atoms with Crippen molar-refractivity contribution in [2.24, 2.45) is 0 Å². The zero-order valence-corrected chi connectivity index (χ0v) is 15.5. The number of ether oxygens (including phenoxy) is 1. The van der Waals surface area contributed by atoms with Crippen molar-refractivity contribution in [3.63, 3.8) is 0 Å². The number of aromatic nitrogens is 3. The van der Waals surface area contributed by atoms with Crippen LogP contribution in [0.3, 0.4) is 0 Å². The third-order valence-electron chi connectivity index (χ3n) is 3.66. The van der Waals surface area contributed by atoms with E-state index in [4.69, 9.17) is 0 Å². The molecule has 2 heterocycles. The lowest BCUT2D eigenvalue weighted by Gasteiger charge is -2.13. The third kappa shape index (κ3) is 6.33. The average Bonchev–Trinajstić information content (AvgIpc) is 2.71. The van der Waals surface area contributed by atoms with E-state index in [0.717, 1.165) is 6.07 Å². The van der Waals surface area contributed by atoms with Crippen molar-refractivity contribution < 1.29 is 22.7 Å². The average molecular weight is 418 g/mol. The number of amides is 1. The first-order valence-corrected chi connectivity index (χ1v) is 8.78. The summed E-state index contributed by atoms with van der Waals surface area (Å²) in [4.78, 5) is 24.5. The summed E-state index contributed by atoms with van der Waals surface area (Å²) in [6.07, 6.45) is -1.88. The van der Waals surface area contributed by atoms with Gasteiger partial charge >= 0.3 is 6.36 Å². The number of anilines is 3. The van der Waals surface area contributed by atoms with Crippen molar-refractivity contribution in [1.82, 2.24) is 20.3 Å². The number of alkyl halides is 3. The summed E-state index contributed by atoms with van der Waals surface area (Å²) in [6, 6.07) is 12.2. The fraction of sp³-hybridized carbons (Fsp3) is 0.158. The second-order valence-electron chi connectivity index (χ2n) is 5.86. The van der Waals surface area contributed by atoms with Gasteiger partial charge in [0.05, 0.1) is 5.56 Å². The van der Waals surface area contributed by atoms with Gasteiger partial charge in [-0.3, -0.25) is 4.79 Å². The smallest absolute Gasteiger partial charge is 0.405 e. The van der Waals surface area contributed by atoms with Gasteiger partial charge in [-0.25, -0.2) is 15.0 Å². The monoisotopic (exact) mass is 418 g/mol. The molecular formula is C19H17F3N6O2. The zero-order chi connectivity index (χ0) is 21.4. The van der Waals surface area contributed by atoms with Crippen LogP contribution in [0.1, 0.15) is 10.4 Å². The van der Waals surface area contributed by atoms with Gasteiger partial charge in [-0.05, 0) is 24.3 Å². The van der Waals surface area contributed by atoms with Crippen molar-refractivity contribution in [2.75, 3.05) is 23.7 Å². The van der Waals surface area contributed by atoms with Crippen molar-refractivity contribution >= 4 is 23.4 Å². The number of carbonyl (C=O) groups is 1. The molecular weight excluding hydrogens is 401 g/mol. The Balaban J connectivity index is 1.51. The summed E-state index contributed by atoms with van der Waals surface area (Å²) in [7, 11) is 0. The van der Waals surface area contributed by atoms with Crippen LogP contribution in [-0.2, 0) is 0 Å². The number of hydrogen-bond donors (Lipinski definition) is 3. The summed E-state index contributed by atoms with van der Waals surface area (Å²) in [5.74, 6) is 0.398. The maximum atomic E-state index is 12.5. The molecule has 156 valence electrons. The zero-order valence-electron chi connectivity index (χ0n) is 15.5. The number of nitrogens with zero attached hydrogens (tertiary/aromatic N) is 3. The first-order valence-electron chi connectivity index (χ1n) is 8.78. The maximum Gasteiger partial charge on any atom is 0.573 e. The Hall–Kier alpha value is -3.89. The summed E-state index contributed by atoms with van der Waals surface area (Å²) in [5, 5.41) is 8.55. The van der Waals surface area contributed by atoms with Crippen LogP contribution in [-0.4, -0.2) is 40.3 Å². The molecule has 30 heavy (non-hydrogen) atoms. The fourth-order valence-corrected chi connectivity index (χ4v) is 2.42. The number of benzene rings is 1. The van der Waals surface area contributed by atoms with Gasteiger partial charge in [0.1, 0.15) is 29.5 Å². The van der Waals surface area contributed by atoms with E-state index in [1.165, 1.54) is 24.5 Å². The minimum Gasteiger partial charge on any atom is -0.405 e. The molecule has 1 aromatic carbocycles. The van der Waals surface area contributed by atoms with Crippen molar-refractivity contribution in [2.45, 2.75) is 6.36 Å². The molecule has 0 fully saturated rings. The summed E-state index contributed by atoms with van der Waals surface area (Å²) >= 11 is 0. The molecule has 0 aliphatic heterocycles. The van der Waals surface area contributed by atoms with Crippen molar-refractivity contribution in [3.8, 4) is 5.75 Å². The van der Waals surface area contributed by atoms with E-state index in [1.54, 1.807) is 24.4 Å². The van der Waals surface area contributed by atoms with Crippen LogP contribution < -0.4 is 20.7 Å². The number of para-hydroxylation sites is 1. The Morgan fingerprint density at radius 3 is 2.47 bits per heavy atom. The predicted octanol–water partition coefficient (Wildman–Crippen LogP) is 3.36. The topological polar surface area (TPSA) is 101 Å². The first-order chi connectivity index (χ1) is 14.4. The molecule has 0 radical (unpaired) electrons. The molecule has 3 aromatic rings. The molecule has 3 N–H and O–H groups in total. The second-order valence-corrected chi connectivity index (χ2v) is 5.86. The van der Waals surface area contributed by atoms with E-state index < -0.39 is 18.0 Å². The summed E-state index contributed by atoms with van der Waals surface area (Å²) < 4.78 is 41.3. The van der Waals surface area contributed by atoms with Crippen LogP contribution in [0.25, 0.3) is 0 Å². The standard InChI is InChI=1S/C19H17F3N6O2/c20-19(21,22)30-14-6-2-1-5-13(14)18(29)25-10-9-24-16-11-17(27-12-26-16)28-15-7-3-4-8-23-15/h1-8,11-12H,9-10H2,(H,25,29)(H2,23,24,26,27,28). The molecule has 0 saturated heterocycles. The second kappa shape index (κ2) is 9.54. The SMILES string of the molecule is O=C(NCCNc1cc(Nc2ccccn2)ncn1)c1ccccc1OC(F)(F)F. The number of hydrogen-bond acceptors (Lipinski definition) is 7. The highest BCUT2D eigenvalue weighted by atomic mass is 19.4. The van der Waals surface area contributed by atoms with Gasteiger partial charge in [0.2, 0.25) is 0 Å². The Kier molecular flexibility index (Phi) is 6.63. The highest BCUT2D eigenvalue weighted by Crippen LogP contribution is 2.26. The third-order valence-corrected chi connectivity index (χ3v) is 3.66. The lowest BCUT2D eigenvalue weighted by molar-refractivity contribution is -0.274. The van der Waals surface area contributed by atoms with Gasteiger partial charge in [0.25, 0.3) is 5.91 Å². The Morgan fingerprint density at radius 2 is 1.70 bits per heavy atom. The van der Waals surface area contributed by atoms with Crippen LogP contribution in [0.2, 0.25) is 0 Å². The van der Waals surface area contributed by atoms with E-state index in [-0.39, 0.29) is 18.7 Å². The number of carbonyl (C=O) groups excluding carboxylic acids is 1. The Bertz CT molecular complexity index is 985. The van der Waals surface area contributed by atoms with Crippen LogP contribution in [0.5, 0.6) is 5.75 Å². The lowest BCUT2D eigenvalue weighted by atomic mass is 10.2. The molecule has 0 aliphatic carbocycles. The van der Waals surface area contributed by atoms with E-state index in [9.17, 15) is 18.0 Å². The van der Waals surface area contributed by atoms with E-state index in [2.05, 4.69) is 35.6 Å². The molecule has 0 saturated carbocycles. The van der Waals surface area contributed by atoms with Gasteiger partial charge in [-0.15, -0.1) is 13.2 Å². The maximum absolute atomic E-state index is 12.5. The molecule has 0 atom stereocenters. The normalized spacial score (nSPS) is 10.9. The van der Waals surface area contributed by atoms with Crippen LogP contribution >= 0.6 is 0 Å². The minimum absolute atomic E-state index is 0.145. The number of halogens is 3. The largest absolute Gasteiger partial charge is 0.573 e. The molecule has 0 aliphatic rings. The van der Waals surface area contributed by atoms with Gasteiger partial charge in [-0.2, -0.15) is 0 Å². The number of nitrogens with one attached hydrogen (secondary N) is 3. The molecule has 2 aromatic heterocycles. The van der Waals surface area contributed by atoms with E-state index in [1.807, 2.05) is 6.07 Å². The molecule has 0 bridgehead atoms. The molecule has 11 heteroatoms. The van der Waals surface area contributed by atoms with Crippen LogP contribution in [0, 0.1) is 0 Å². The van der Waals surface area contributed by atoms with Crippen LogP contribution in [0.4, 0.5) is 30.6 Å². The molecule has 0 unspecified atom stereocenters. The first kappa shape index (κ1) is 20.8. The Labute approximate surface area is 169 Å². The highest BCUT2D eigenvalue weighted by molar-refractivity contribution is 5.96. The van der Waals surface area contributed by atoms with Gasteiger partial charge in [-0.1, -0.05) is 18.2 Å². The summed E-state index contributed by atoms with van der Waals surface area (Å²) in [6.45, 7) is 0.431. The number of rotatable bonds is 8. The molecule has 3 rings (SSSR count). The minimum atomic E-state index is -4.88. The molecule has 0 spiro atoms. The molecule has 8 nitrogen and oxygen atoms in total. The van der Waals surface area contributed by atoms with Crippen molar-refractivity contribution in [3.05, 3.63) is 66.6 Å². The highest BCUT2D eigenvalue weighted by Gasteiger charge is 2.32. The van der Waals surface area contributed by atoms with Crippen LogP contribution in [0.15, 0.2) is 61.1 Å². The Morgan fingerprint density at radius 1 is 0.933 bits per heavy atom. The van der Waals surface area contributed by atoms with Crippen molar-refractivity contribution in [1.29, 1.82) is 0 Å². The van der Waals surface area contributed by atoms with E-state index >= 15 is 0 Å². The van der Waals surface area contributed by atoms with Gasteiger partial charge in [0.15, 0.2) is 0 Å².